The summed E-state index contributed by atoms with van der Waals surface area (Å²) in [7, 11) is 1.86. The maximum absolute atomic E-state index is 13.8. The minimum atomic E-state index is -0.342. The fourth-order valence-electron chi connectivity index (χ4n) is 2.22. The summed E-state index contributed by atoms with van der Waals surface area (Å²) < 4.78 is 13.8. The summed E-state index contributed by atoms with van der Waals surface area (Å²) in [5.74, 6) is -0.256. The topological polar surface area (TPSA) is 32.3 Å². The molecule has 1 saturated carbocycles. The van der Waals surface area contributed by atoms with E-state index in [1.54, 1.807) is 17.0 Å². The van der Waals surface area contributed by atoms with Gasteiger partial charge in [0.05, 0.1) is 6.54 Å². The molecule has 0 radical (unpaired) electrons. The van der Waals surface area contributed by atoms with E-state index in [2.05, 4.69) is 5.32 Å². The van der Waals surface area contributed by atoms with Crippen molar-refractivity contribution in [3.05, 3.63) is 34.6 Å². The van der Waals surface area contributed by atoms with Gasteiger partial charge in [-0.2, -0.15) is 0 Å². The highest BCUT2D eigenvalue weighted by molar-refractivity contribution is 6.31. The van der Waals surface area contributed by atoms with Crippen LogP contribution in [-0.2, 0) is 11.3 Å². The number of rotatable bonds is 7. The summed E-state index contributed by atoms with van der Waals surface area (Å²) in [4.78, 5) is 14.0. The minimum absolute atomic E-state index is 0.0852. The van der Waals surface area contributed by atoms with Crippen molar-refractivity contribution in [2.45, 2.75) is 38.3 Å². The molecule has 0 spiro atoms. The van der Waals surface area contributed by atoms with Crippen LogP contribution in [0, 0.1) is 5.82 Å². The van der Waals surface area contributed by atoms with Crippen molar-refractivity contribution in [3.63, 3.8) is 0 Å². The van der Waals surface area contributed by atoms with Crippen LogP contribution in [0.5, 0.6) is 0 Å². The molecule has 0 unspecified atom stereocenters. The zero-order valence-electron chi connectivity index (χ0n) is 11.7. The first-order chi connectivity index (χ1) is 9.63. The number of hydrogen-bond acceptors (Lipinski definition) is 2. The van der Waals surface area contributed by atoms with Gasteiger partial charge >= 0.3 is 0 Å². The summed E-state index contributed by atoms with van der Waals surface area (Å²) >= 11 is 6.04. The lowest BCUT2D eigenvalue weighted by Crippen LogP contribution is -2.33. The number of hydrogen-bond donors (Lipinski definition) is 1. The second kappa shape index (κ2) is 7.04. The Bertz CT molecular complexity index is 457. The van der Waals surface area contributed by atoms with E-state index in [1.807, 2.05) is 7.05 Å². The van der Waals surface area contributed by atoms with Gasteiger partial charge in [-0.05, 0) is 45.0 Å². The van der Waals surface area contributed by atoms with Crippen LogP contribution in [-0.4, -0.2) is 30.4 Å². The average molecular weight is 299 g/mol. The molecule has 1 N–H and O–H groups in total. The molecule has 0 aliphatic heterocycles. The lowest BCUT2D eigenvalue weighted by atomic mass is 10.1. The molecule has 3 nitrogen and oxygen atoms in total. The van der Waals surface area contributed by atoms with Crippen LogP contribution < -0.4 is 5.32 Å². The first-order valence-corrected chi connectivity index (χ1v) is 7.38. The highest BCUT2D eigenvalue weighted by Gasteiger charge is 2.33. The van der Waals surface area contributed by atoms with E-state index in [0.29, 0.717) is 17.0 Å². The molecule has 5 heteroatoms. The third kappa shape index (κ3) is 3.93. The summed E-state index contributed by atoms with van der Waals surface area (Å²) in [6.45, 7) is 1.08. The molecule has 1 aliphatic carbocycles. The number of halogens is 2. The van der Waals surface area contributed by atoms with Crippen molar-refractivity contribution < 1.29 is 9.18 Å². The third-order valence-electron chi connectivity index (χ3n) is 3.52. The van der Waals surface area contributed by atoms with Crippen LogP contribution >= 0.6 is 11.6 Å². The molecule has 1 aliphatic rings. The Kier molecular flexibility index (Phi) is 5.38. The van der Waals surface area contributed by atoms with Gasteiger partial charge in [0.25, 0.3) is 0 Å². The van der Waals surface area contributed by atoms with Gasteiger partial charge in [0.15, 0.2) is 0 Å². The SMILES string of the molecule is CNCCCC(=O)N(Cc1c(F)cccc1Cl)C1CC1. The van der Waals surface area contributed by atoms with Crippen molar-refractivity contribution in [1.82, 2.24) is 10.2 Å². The molecule has 1 amide bonds. The highest BCUT2D eigenvalue weighted by atomic mass is 35.5. The Morgan fingerprint density at radius 1 is 1.50 bits per heavy atom. The van der Waals surface area contributed by atoms with Crippen LogP contribution in [0.15, 0.2) is 18.2 Å². The normalized spacial score (nSPS) is 14.3. The largest absolute Gasteiger partial charge is 0.335 e. The second-order valence-electron chi connectivity index (χ2n) is 5.16. The van der Waals surface area contributed by atoms with Crippen LogP contribution in [0.4, 0.5) is 4.39 Å². The maximum Gasteiger partial charge on any atom is 0.223 e. The molecular formula is C15H20ClFN2O. The standard InChI is InChI=1S/C15H20ClFN2O/c1-18-9-3-6-15(20)19(11-7-8-11)10-12-13(16)4-2-5-14(12)17/h2,4-5,11,18H,3,6-10H2,1H3. The monoisotopic (exact) mass is 298 g/mol. The number of nitrogens with zero attached hydrogens (tertiary/aromatic N) is 1. The van der Waals surface area contributed by atoms with Gasteiger partial charge in [-0.3, -0.25) is 4.79 Å². The van der Waals surface area contributed by atoms with E-state index < -0.39 is 0 Å². The van der Waals surface area contributed by atoms with E-state index >= 15 is 0 Å². The number of benzene rings is 1. The zero-order valence-corrected chi connectivity index (χ0v) is 12.4. The summed E-state index contributed by atoms with van der Waals surface area (Å²) in [6.07, 6.45) is 3.29. The molecule has 0 atom stereocenters. The summed E-state index contributed by atoms with van der Waals surface area (Å²) in [5.41, 5.74) is 0.419. The fraction of sp³-hybridized carbons (Fsp3) is 0.533. The average Bonchev–Trinajstić information content (AvgIpc) is 3.23. The van der Waals surface area contributed by atoms with E-state index in [1.165, 1.54) is 6.07 Å². The molecule has 1 aromatic carbocycles. The van der Waals surface area contributed by atoms with E-state index in [0.717, 1.165) is 25.8 Å². The van der Waals surface area contributed by atoms with Crippen molar-refractivity contribution in [3.8, 4) is 0 Å². The van der Waals surface area contributed by atoms with Gasteiger partial charge < -0.3 is 10.2 Å². The maximum atomic E-state index is 13.8. The molecule has 110 valence electrons. The Labute approximate surface area is 124 Å². The number of amides is 1. The van der Waals surface area contributed by atoms with E-state index in [4.69, 9.17) is 11.6 Å². The quantitative estimate of drug-likeness (QED) is 0.785. The summed E-state index contributed by atoms with van der Waals surface area (Å²) in [6, 6.07) is 4.89. The van der Waals surface area contributed by atoms with Crippen LogP contribution in [0.3, 0.4) is 0 Å². The predicted octanol–water partition coefficient (Wildman–Crippen LogP) is 2.97. The van der Waals surface area contributed by atoms with Crippen LogP contribution in [0.1, 0.15) is 31.2 Å². The van der Waals surface area contributed by atoms with Gasteiger partial charge in [-0.15, -0.1) is 0 Å². The number of carbonyl (C=O) groups excluding carboxylic acids is 1. The number of carbonyl (C=O) groups is 1. The number of nitrogens with one attached hydrogen (secondary N) is 1. The van der Waals surface area contributed by atoms with Gasteiger partial charge in [0.2, 0.25) is 5.91 Å². The molecule has 1 aromatic rings. The third-order valence-corrected chi connectivity index (χ3v) is 3.87. The lowest BCUT2D eigenvalue weighted by molar-refractivity contribution is -0.132. The molecule has 1 fully saturated rings. The Hall–Kier alpha value is -1.13. The van der Waals surface area contributed by atoms with Gasteiger partial charge in [-0.25, -0.2) is 4.39 Å². The molecule has 20 heavy (non-hydrogen) atoms. The predicted molar refractivity (Wildman–Crippen MR) is 78.1 cm³/mol. The molecule has 0 heterocycles. The van der Waals surface area contributed by atoms with Gasteiger partial charge in [0.1, 0.15) is 5.82 Å². The second-order valence-corrected chi connectivity index (χ2v) is 5.57. The molecule has 0 saturated heterocycles. The van der Waals surface area contributed by atoms with E-state index in [-0.39, 0.29) is 24.3 Å². The first kappa shape index (κ1) is 15.3. The minimum Gasteiger partial charge on any atom is -0.335 e. The van der Waals surface area contributed by atoms with Crippen LogP contribution in [0.2, 0.25) is 5.02 Å². The lowest BCUT2D eigenvalue weighted by Gasteiger charge is -2.23. The highest BCUT2D eigenvalue weighted by Crippen LogP contribution is 2.31. The molecule has 0 bridgehead atoms. The summed E-state index contributed by atoms with van der Waals surface area (Å²) in [5, 5.41) is 3.41. The molecule has 2 rings (SSSR count). The van der Waals surface area contributed by atoms with Gasteiger partial charge in [-0.1, -0.05) is 17.7 Å². The van der Waals surface area contributed by atoms with Crippen molar-refractivity contribution >= 4 is 17.5 Å². The fourth-order valence-corrected chi connectivity index (χ4v) is 2.44. The zero-order chi connectivity index (χ0) is 14.5. The van der Waals surface area contributed by atoms with Crippen molar-refractivity contribution in [2.75, 3.05) is 13.6 Å². The first-order valence-electron chi connectivity index (χ1n) is 7.00. The Morgan fingerprint density at radius 2 is 2.25 bits per heavy atom. The van der Waals surface area contributed by atoms with Crippen LogP contribution in [0.25, 0.3) is 0 Å². The van der Waals surface area contributed by atoms with E-state index in [9.17, 15) is 9.18 Å². The smallest absolute Gasteiger partial charge is 0.223 e. The van der Waals surface area contributed by atoms with Crippen molar-refractivity contribution in [2.24, 2.45) is 0 Å². The Morgan fingerprint density at radius 3 is 2.85 bits per heavy atom. The van der Waals surface area contributed by atoms with Crippen molar-refractivity contribution in [1.29, 1.82) is 0 Å². The Balaban J connectivity index is 2.04. The molecule has 0 aromatic heterocycles. The van der Waals surface area contributed by atoms with Gasteiger partial charge in [0, 0.05) is 23.0 Å². The molecular weight excluding hydrogens is 279 g/mol.